The molecule has 1 fully saturated rings. The molecule has 0 saturated carbocycles. The lowest BCUT2D eigenvalue weighted by Gasteiger charge is -2.24. The predicted octanol–water partition coefficient (Wildman–Crippen LogP) is 1.71. The van der Waals surface area contributed by atoms with Gasteiger partial charge in [-0.15, -0.1) is 0 Å². The smallest absolute Gasteiger partial charge is 0.301 e. The zero-order chi connectivity index (χ0) is 10.9. The van der Waals surface area contributed by atoms with Crippen LogP contribution in [0.5, 0.6) is 0 Å². The molecule has 1 heterocycles. The van der Waals surface area contributed by atoms with Crippen molar-refractivity contribution in [1.82, 2.24) is 5.06 Å². The van der Waals surface area contributed by atoms with Crippen molar-refractivity contribution >= 4 is 0 Å². The van der Waals surface area contributed by atoms with Crippen molar-refractivity contribution in [1.29, 1.82) is 5.26 Å². The molecule has 1 rings (SSSR count). The van der Waals surface area contributed by atoms with E-state index < -0.39 is 24.2 Å². The van der Waals surface area contributed by atoms with Crippen LogP contribution in [0.1, 0.15) is 13.3 Å². The van der Waals surface area contributed by atoms with Gasteiger partial charge in [0.1, 0.15) is 6.04 Å². The summed E-state index contributed by atoms with van der Waals surface area (Å²) in [4.78, 5) is 4.76. The fraction of sp³-hybridized carbons (Fsp3) is 0.875. The van der Waals surface area contributed by atoms with Gasteiger partial charge < -0.3 is 4.84 Å². The minimum Gasteiger partial charge on any atom is -0.301 e. The van der Waals surface area contributed by atoms with E-state index in [4.69, 9.17) is 10.1 Å². The molecule has 0 aromatic heterocycles. The minimum absolute atomic E-state index is 0.213. The van der Waals surface area contributed by atoms with E-state index in [0.717, 1.165) is 5.06 Å². The highest BCUT2D eigenvalue weighted by atomic mass is 19.4. The number of alkyl halides is 3. The van der Waals surface area contributed by atoms with Crippen LogP contribution in [0.15, 0.2) is 0 Å². The molecule has 1 saturated heterocycles. The first-order chi connectivity index (χ1) is 6.41. The minimum atomic E-state index is -4.26. The lowest BCUT2D eigenvalue weighted by Crippen LogP contribution is -2.37. The molecule has 0 spiro atoms. The molecular formula is C8H11F3N2O. The SMILES string of the molecule is CON1C(C#N)CC(C(F)(F)F)C1C. The van der Waals surface area contributed by atoms with E-state index in [1.165, 1.54) is 14.0 Å². The zero-order valence-electron chi connectivity index (χ0n) is 7.88. The first kappa shape index (κ1) is 11.3. The average molecular weight is 208 g/mol. The van der Waals surface area contributed by atoms with Crippen LogP contribution in [-0.2, 0) is 4.84 Å². The third-order valence-electron chi connectivity index (χ3n) is 2.55. The highest BCUT2D eigenvalue weighted by Crippen LogP contribution is 2.40. The summed E-state index contributed by atoms with van der Waals surface area (Å²) in [5.41, 5.74) is 0. The highest BCUT2D eigenvalue weighted by molar-refractivity contribution is 5.01. The Morgan fingerprint density at radius 3 is 2.36 bits per heavy atom. The molecule has 0 radical (unpaired) electrons. The van der Waals surface area contributed by atoms with Gasteiger partial charge in [0, 0.05) is 6.04 Å². The van der Waals surface area contributed by atoms with Crippen molar-refractivity contribution < 1.29 is 18.0 Å². The Morgan fingerprint density at radius 1 is 1.50 bits per heavy atom. The summed E-state index contributed by atoms with van der Waals surface area (Å²) in [6.07, 6.45) is -4.48. The van der Waals surface area contributed by atoms with E-state index in [2.05, 4.69) is 0 Å². The van der Waals surface area contributed by atoms with E-state index in [-0.39, 0.29) is 6.42 Å². The Balaban J connectivity index is 2.82. The molecule has 0 aliphatic carbocycles. The van der Waals surface area contributed by atoms with Crippen LogP contribution >= 0.6 is 0 Å². The molecule has 14 heavy (non-hydrogen) atoms. The number of hydrogen-bond acceptors (Lipinski definition) is 3. The third kappa shape index (κ3) is 1.83. The molecule has 0 aromatic rings. The highest BCUT2D eigenvalue weighted by Gasteiger charge is 2.52. The van der Waals surface area contributed by atoms with Crippen molar-refractivity contribution in [2.75, 3.05) is 7.11 Å². The second kappa shape index (κ2) is 3.75. The molecule has 0 amide bonds. The van der Waals surface area contributed by atoms with Crippen LogP contribution in [-0.4, -0.2) is 30.4 Å². The van der Waals surface area contributed by atoms with Crippen molar-refractivity contribution in [2.24, 2.45) is 5.92 Å². The fourth-order valence-corrected chi connectivity index (χ4v) is 1.81. The van der Waals surface area contributed by atoms with Gasteiger partial charge in [0.25, 0.3) is 0 Å². The van der Waals surface area contributed by atoms with Crippen LogP contribution in [0.25, 0.3) is 0 Å². The quantitative estimate of drug-likeness (QED) is 0.658. The topological polar surface area (TPSA) is 36.3 Å². The van der Waals surface area contributed by atoms with E-state index in [1.54, 1.807) is 6.07 Å². The largest absolute Gasteiger partial charge is 0.393 e. The van der Waals surface area contributed by atoms with Crippen LogP contribution in [0.3, 0.4) is 0 Å². The fourth-order valence-electron chi connectivity index (χ4n) is 1.81. The molecule has 80 valence electrons. The molecule has 3 atom stereocenters. The Labute approximate surface area is 80.0 Å². The zero-order valence-corrected chi connectivity index (χ0v) is 7.88. The summed E-state index contributed by atoms with van der Waals surface area (Å²) in [7, 11) is 1.28. The maximum absolute atomic E-state index is 12.4. The molecule has 0 aromatic carbocycles. The second-order valence-corrected chi connectivity index (χ2v) is 3.31. The summed E-state index contributed by atoms with van der Waals surface area (Å²) < 4.78 is 37.3. The summed E-state index contributed by atoms with van der Waals surface area (Å²) in [6, 6.07) is 0.193. The number of hydrogen-bond donors (Lipinski definition) is 0. The van der Waals surface area contributed by atoms with Gasteiger partial charge in [0.2, 0.25) is 0 Å². The molecule has 1 aliphatic rings. The average Bonchev–Trinajstić information content (AvgIpc) is 2.40. The van der Waals surface area contributed by atoms with Gasteiger partial charge in [-0.3, -0.25) is 0 Å². The molecule has 0 bridgehead atoms. The van der Waals surface area contributed by atoms with Crippen LogP contribution in [0.4, 0.5) is 13.2 Å². The lowest BCUT2D eigenvalue weighted by molar-refractivity contribution is -0.206. The second-order valence-electron chi connectivity index (χ2n) is 3.31. The van der Waals surface area contributed by atoms with Crippen LogP contribution in [0, 0.1) is 17.2 Å². The monoisotopic (exact) mass is 208 g/mol. The maximum Gasteiger partial charge on any atom is 0.393 e. The molecule has 6 heteroatoms. The molecular weight excluding hydrogens is 197 g/mol. The summed E-state index contributed by atoms with van der Waals surface area (Å²) in [6.45, 7) is 1.42. The number of rotatable bonds is 1. The van der Waals surface area contributed by atoms with Crippen molar-refractivity contribution in [3.63, 3.8) is 0 Å². The van der Waals surface area contributed by atoms with Crippen molar-refractivity contribution in [2.45, 2.75) is 31.6 Å². The molecule has 1 aliphatic heterocycles. The summed E-state index contributed by atoms with van der Waals surface area (Å²) in [5, 5.41) is 9.74. The first-order valence-electron chi connectivity index (χ1n) is 4.20. The molecule has 3 nitrogen and oxygen atoms in total. The third-order valence-corrected chi connectivity index (χ3v) is 2.55. The molecule has 3 unspecified atom stereocenters. The van der Waals surface area contributed by atoms with Crippen LogP contribution < -0.4 is 0 Å². The predicted molar refractivity (Wildman–Crippen MR) is 41.9 cm³/mol. The van der Waals surface area contributed by atoms with Crippen molar-refractivity contribution in [3.8, 4) is 6.07 Å². The summed E-state index contributed by atoms with van der Waals surface area (Å²) in [5.74, 6) is -1.48. The van der Waals surface area contributed by atoms with E-state index in [0.29, 0.717) is 0 Å². The van der Waals surface area contributed by atoms with Crippen LogP contribution in [0.2, 0.25) is 0 Å². The van der Waals surface area contributed by atoms with Crippen molar-refractivity contribution in [3.05, 3.63) is 0 Å². The Hall–Kier alpha value is -0.800. The molecule has 0 N–H and O–H groups in total. The first-order valence-corrected chi connectivity index (χ1v) is 4.20. The van der Waals surface area contributed by atoms with E-state index in [9.17, 15) is 13.2 Å². The Bertz CT molecular complexity index is 248. The van der Waals surface area contributed by atoms with Gasteiger partial charge in [0.15, 0.2) is 0 Å². The van der Waals surface area contributed by atoms with E-state index in [1.807, 2.05) is 0 Å². The van der Waals surface area contributed by atoms with Gasteiger partial charge >= 0.3 is 6.18 Å². The lowest BCUT2D eigenvalue weighted by atomic mass is 10.00. The number of hydroxylamine groups is 2. The number of halogens is 3. The van der Waals surface area contributed by atoms with Gasteiger partial charge in [-0.1, -0.05) is 0 Å². The number of nitriles is 1. The number of nitrogens with zero attached hydrogens (tertiary/aromatic N) is 2. The van der Waals surface area contributed by atoms with Gasteiger partial charge in [-0.25, -0.2) is 0 Å². The van der Waals surface area contributed by atoms with Gasteiger partial charge in [0.05, 0.1) is 19.1 Å². The normalized spacial score (nSPS) is 34.4. The van der Waals surface area contributed by atoms with Gasteiger partial charge in [-0.05, 0) is 13.3 Å². The van der Waals surface area contributed by atoms with E-state index >= 15 is 0 Å². The van der Waals surface area contributed by atoms with Gasteiger partial charge in [-0.2, -0.15) is 23.5 Å². The Morgan fingerprint density at radius 2 is 2.07 bits per heavy atom. The summed E-state index contributed by atoms with van der Waals surface area (Å²) >= 11 is 0. The Kier molecular flexibility index (Phi) is 3.02. The standard InChI is InChI=1S/C8H11F3N2O/c1-5-7(8(9,10)11)3-6(4-12)13(5)14-2/h5-7H,3H2,1-2H3. The maximum atomic E-state index is 12.4.